The summed E-state index contributed by atoms with van der Waals surface area (Å²) in [5, 5.41) is 12.5. The topological polar surface area (TPSA) is 75.6 Å². The highest BCUT2D eigenvalue weighted by atomic mass is 16.6. The van der Waals surface area contributed by atoms with E-state index in [1.54, 1.807) is 12.1 Å². The molecule has 2 atom stereocenters. The van der Waals surface area contributed by atoms with Gasteiger partial charge in [0.1, 0.15) is 0 Å². The monoisotopic (exact) mass is 264 g/mol. The molecule has 0 bridgehead atoms. The van der Waals surface area contributed by atoms with Gasteiger partial charge in [-0.25, -0.2) is 5.01 Å². The molecular formula is C13H20N4O2. The first kappa shape index (κ1) is 13.9. The molecule has 1 aromatic carbocycles. The molecule has 0 spiro atoms. The molecule has 6 heteroatoms. The SMILES string of the molecule is CC1CN(Cc2ccc([N+](=O)[O-])cc2)CC(C)N1N. The minimum absolute atomic E-state index is 0.136. The van der Waals surface area contributed by atoms with Crippen LogP contribution in [-0.2, 0) is 6.54 Å². The average molecular weight is 264 g/mol. The van der Waals surface area contributed by atoms with E-state index < -0.39 is 0 Å². The summed E-state index contributed by atoms with van der Waals surface area (Å²) in [5.41, 5.74) is 1.23. The lowest BCUT2D eigenvalue weighted by Gasteiger charge is -2.41. The molecule has 1 aromatic rings. The Balaban J connectivity index is 1.99. The van der Waals surface area contributed by atoms with Crippen molar-refractivity contribution in [3.8, 4) is 0 Å². The molecule has 0 radical (unpaired) electrons. The summed E-state index contributed by atoms with van der Waals surface area (Å²) in [7, 11) is 0. The second-order valence-corrected chi connectivity index (χ2v) is 5.26. The van der Waals surface area contributed by atoms with Gasteiger partial charge < -0.3 is 0 Å². The maximum absolute atomic E-state index is 10.6. The first-order chi connectivity index (χ1) is 8.97. The van der Waals surface area contributed by atoms with Crippen molar-refractivity contribution in [3.63, 3.8) is 0 Å². The van der Waals surface area contributed by atoms with E-state index in [1.807, 2.05) is 17.1 Å². The number of hydrazine groups is 1. The number of nitro groups is 1. The molecule has 0 amide bonds. The summed E-state index contributed by atoms with van der Waals surface area (Å²) >= 11 is 0. The fraction of sp³-hybridized carbons (Fsp3) is 0.538. The number of nitro benzene ring substituents is 1. The molecule has 0 aliphatic carbocycles. The zero-order chi connectivity index (χ0) is 14.0. The van der Waals surface area contributed by atoms with Crippen LogP contribution in [0.1, 0.15) is 19.4 Å². The molecule has 2 N–H and O–H groups in total. The molecule has 19 heavy (non-hydrogen) atoms. The maximum Gasteiger partial charge on any atom is 0.269 e. The van der Waals surface area contributed by atoms with E-state index >= 15 is 0 Å². The first-order valence-corrected chi connectivity index (χ1v) is 6.46. The van der Waals surface area contributed by atoms with Gasteiger partial charge in [-0.1, -0.05) is 12.1 Å². The summed E-state index contributed by atoms with van der Waals surface area (Å²) < 4.78 is 0. The number of hydrogen-bond donors (Lipinski definition) is 1. The lowest BCUT2D eigenvalue weighted by atomic mass is 10.1. The standard InChI is InChI=1S/C13H20N4O2/c1-10-7-15(8-11(2)16(10)14)9-12-3-5-13(6-4-12)17(18)19/h3-6,10-11H,7-9,14H2,1-2H3. The van der Waals surface area contributed by atoms with Gasteiger partial charge in [-0.05, 0) is 19.4 Å². The molecule has 1 heterocycles. The van der Waals surface area contributed by atoms with E-state index in [0.29, 0.717) is 12.1 Å². The average Bonchev–Trinajstić information content (AvgIpc) is 2.36. The van der Waals surface area contributed by atoms with Crippen LogP contribution in [0.2, 0.25) is 0 Å². The molecule has 1 saturated heterocycles. The molecule has 2 unspecified atom stereocenters. The van der Waals surface area contributed by atoms with Gasteiger partial charge in [-0.15, -0.1) is 0 Å². The Labute approximate surface area is 112 Å². The zero-order valence-corrected chi connectivity index (χ0v) is 11.3. The van der Waals surface area contributed by atoms with Crippen LogP contribution in [0.3, 0.4) is 0 Å². The Morgan fingerprint density at radius 1 is 1.26 bits per heavy atom. The molecule has 1 aliphatic rings. The summed E-state index contributed by atoms with van der Waals surface area (Å²) in [6, 6.07) is 7.40. The highest BCUT2D eigenvalue weighted by Gasteiger charge is 2.26. The highest BCUT2D eigenvalue weighted by Crippen LogP contribution is 2.17. The van der Waals surface area contributed by atoms with Crippen LogP contribution in [0.15, 0.2) is 24.3 Å². The van der Waals surface area contributed by atoms with E-state index in [2.05, 4.69) is 18.7 Å². The van der Waals surface area contributed by atoms with Crippen LogP contribution >= 0.6 is 0 Å². The predicted molar refractivity (Wildman–Crippen MR) is 73.3 cm³/mol. The molecule has 6 nitrogen and oxygen atoms in total. The number of benzene rings is 1. The van der Waals surface area contributed by atoms with E-state index in [4.69, 9.17) is 5.84 Å². The van der Waals surface area contributed by atoms with Gasteiger partial charge in [0.15, 0.2) is 0 Å². The van der Waals surface area contributed by atoms with E-state index in [-0.39, 0.29) is 10.6 Å². The van der Waals surface area contributed by atoms with Crippen molar-refractivity contribution in [2.24, 2.45) is 5.84 Å². The second kappa shape index (κ2) is 5.64. The fourth-order valence-electron chi connectivity index (χ4n) is 2.56. The number of rotatable bonds is 3. The predicted octanol–water partition coefficient (Wildman–Crippen LogP) is 1.36. The molecule has 1 aliphatic heterocycles. The summed E-state index contributed by atoms with van der Waals surface area (Å²) in [6.07, 6.45) is 0. The van der Waals surface area contributed by atoms with Crippen LogP contribution in [0.25, 0.3) is 0 Å². The van der Waals surface area contributed by atoms with Crippen molar-refractivity contribution in [1.29, 1.82) is 0 Å². The third-order valence-electron chi connectivity index (χ3n) is 3.62. The molecule has 1 fully saturated rings. The number of non-ortho nitro benzene ring substituents is 1. The molecular weight excluding hydrogens is 244 g/mol. The number of hydrogen-bond acceptors (Lipinski definition) is 5. The number of nitrogens with two attached hydrogens (primary N) is 1. The highest BCUT2D eigenvalue weighted by molar-refractivity contribution is 5.32. The van der Waals surface area contributed by atoms with E-state index in [9.17, 15) is 10.1 Å². The molecule has 0 saturated carbocycles. The van der Waals surface area contributed by atoms with E-state index in [1.165, 1.54) is 0 Å². The Hall–Kier alpha value is -1.50. The van der Waals surface area contributed by atoms with Crippen molar-refractivity contribution in [3.05, 3.63) is 39.9 Å². The number of nitrogens with zero attached hydrogens (tertiary/aromatic N) is 3. The van der Waals surface area contributed by atoms with Crippen LogP contribution in [-0.4, -0.2) is 40.0 Å². The smallest absolute Gasteiger partial charge is 0.269 e. The molecule has 0 aromatic heterocycles. The van der Waals surface area contributed by atoms with Crippen molar-refractivity contribution < 1.29 is 4.92 Å². The van der Waals surface area contributed by atoms with Gasteiger partial charge >= 0.3 is 0 Å². The maximum atomic E-state index is 10.6. The molecule has 2 rings (SSSR count). The third-order valence-corrected chi connectivity index (χ3v) is 3.62. The molecule has 104 valence electrons. The third kappa shape index (κ3) is 3.28. The normalized spacial score (nSPS) is 25.4. The zero-order valence-electron chi connectivity index (χ0n) is 11.3. The summed E-state index contributed by atoms with van der Waals surface area (Å²) in [6.45, 7) is 6.85. The Kier molecular flexibility index (Phi) is 4.14. The Bertz CT molecular complexity index is 436. The van der Waals surface area contributed by atoms with Crippen molar-refractivity contribution in [2.75, 3.05) is 13.1 Å². The quantitative estimate of drug-likeness (QED) is 0.507. The van der Waals surface area contributed by atoms with Gasteiger partial charge in [0.05, 0.1) is 4.92 Å². The van der Waals surface area contributed by atoms with Crippen LogP contribution in [0, 0.1) is 10.1 Å². The van der Waals surface area contributed by atoms with Crippen molar-refractivity contribution in [1.82, 2.24) is 9.91 Å². The van der Waals surface area contributed by atoms with Gasteiger partial charge in [-0.3, -0.25) is 20.9 Å². The first-order valence-electron chi connectivity index (χ1n) is 6.46. The Morgan fingerprint density at radius 2 is 1.79 bits per heavy atom. The van der Waals surface area contributed by atoms with Crippen LogP contribution < -0.4 is 5.84 Å². The summed E-state index contributed by atoms with van der Waals surface area (Å²) in [4.78, 5) is 12.6. The van der Waals surface area contributed by atoms with E-state index in [0.717, 1.165) is 25.2 Å². The van der Waals surface area contributed by atoms with Crippen molar-refractivity contribution >= 4 is 5.69 Å². The second-order valence-electron chi connectivity index (χ2n) is 5.26. The largest absolute Gasteiger partial charge is 0.296 e. The van der Waals surface area contributed by atoms with Gasteiger partial charge in [0, 0.05) is 43.9 Å². The minimum Gasteiger partial charge on any atom is -0.296 e. The van der Waals surface area contributed by atoms with Gasteiger partial charge in [0.25, 0.3) is 5.69 Å². The minimum atomic E-state index is -0.374. The van der Waals surface area contributed by atoms with Crippen LogP contribution in [0.5, 0.6) is 0 Å². The van der Waals surface area contributed by atoms with Gasteiger partial charge in [0.2, 0.25) is 0 Å². The lowest BCUT2D eigenvalue weighted by Crippen LogP contribution is -2.59. The Morgan fingerprint density at radius 3 is 2.26 bits per heavy atom. The van der Waals surface area contributed by atoms with Crippen LogP contribution in [0.4, 0.5) is 5.69 Å². The van der Waals surface area contributed by atoms with Crippen molar-refractivity contribution in [2.45, 2.75) is 32.5 Å². The lowest BCUT2D eigenvalue weighted by molar-refractivity contribution is -0.384. The summed E-state index contributed by atoms with van der Waals surface area (Å²) in [5.74, 6) is 5.96. The fourth-order valence-corrected chi connectivity index (χ4v) is 2.56. The van der Waals surface area contributed by atoms with Gasteiger partial charge in [-0.2, -0.15) is 0 Å². The number of piperazine rings is 1.